The molecule has 13 heteroatoms. The third-order valence-electron chi connectivity index (χ3n) is 4.73. The zero-order chi connectivity index (χ0) is 24.1. The minimum absolute atomic E-state index is 0.0111. The van der Waals surface area contributed by atoms with Gasteiger partial charge in [-0.05, 0) is 27.7 Å². The molecule has 0 saturated heterocycles. The zero-order valence-electron chi connectivity index (χ0n) is 19.0. The largest absolute Gasteiger partial charge is 0.346 e. The lowest BCUT2D eigenvalue weighted by molar-refractivity contribution is 0.186. The Kier molecular flexibility index (Phi) is 17.4. The molecule has 188 valence electrons. The van der Waals surface area contributed by atoms with Crippen LogP contribution in [0.1, 0.15) is 27.7 Å². The van der Waals surface area contributed by atoms with Crippen molar-refractivity contribution in [3.63, 3.8) is 0 Å². The molecule has 0 atom stereocenters. The predicted octanol–water partition coefficient (Wildman–Crippen LogP) is 4.20. The molecule has 0 radical (unpaired) electrons. The van der Waals surface area contributed by atoms with E-state index in [0.29, 0.717) is 6.54 Å². The van der Waals surface area contributed by atoms with Gasteiger partial charge in [-0.25, -0.2) is 17.8 Å². The van der Waals surface area contributed by atoms with E-state index < -0.39 is 17.5 Å². The fourth-order valence-corrected chi connectivity index (χ4v) is 8.07. The van der Waals surface area contributed by atoms with Crippen molar-refractivity contribution >= 4 is 63.9 Å². The molecule has 0 saturated carbocycles. The highest BCUT2D eigenvalue weighted by Gasteiger charge is 2.38. The highest BCUT2D eigenvalue weighted by molar-refractivity contribution is 7.91. The number of alkyl halides is 4. The molecule has 7 nitrogen and oxygen atoms in total. The van der Waals surface area contributed by atoms with Gasteiger partial charge in [-0.2, -0.15) is 0 Å². The summed E-state index contributed by atoms with van der Waals surface area (Å²) in [5.74, 6) is 0.664. The molecule has 0 aliphatic heterocycles. The molecule has 0 heterocycles. The molecule has 0 fully saturated rings. The van der Waals surface area contributed by atoms with Gasteiger partial charge in [0.2, 0.25) is 0 Å². The topological polar surface area (TPSA) is 70.2 Å². The first kappa shape index (κ1) is 32.2. The summed E-state index contributed by atoms with van der Waals surface area (Å²) in [4.78, 5) is 2.12. The van der Waals surface area contributed by atoms with E-state index in [1.165, 1.54) is 0 Å². The van der Waals surface area contributed by atoms with Gasteiger partial charge in [-0.1, -0.05) is 0 Å². The van der Waals surface area contributed by atoms with Crippen molar-refractivity contribution in [2.24, 2.45) is 0 Å². The fourth-order valence-electron chi connectivity index (χ4n) is 3.20. The lowest BCUT2D eigenvalue weighted by Gasteiger charge is -2.37. The Bertz CT molecular complexity index is 589. The van der Waals surface area contributed by atoms with Crippen LogP contribution >= 0.6 is 54.1 Å². The fraction of sp³-hybridized carbons (Fsp3) is 1.00. The van der Waals surface area contributed by atoms with Crippen molar-refractivity contribution in [3.05, 3.63) is 0 Å². The highest BCUT2D eigenvalue weighted by atomic mass is 35.5. The van der Waals surface area contributed by atoms with Crippen LogP contribution in [0.15, 0.2) is 0 Å². The molecule has 0 aromatic heterocycles. The zero-order valence-corrected chi connectivity index (χ0v) is 23.7. The van der Waals surface area contributed by atoms with Crippen molar-refractivity contribution < 1.29 is 17.5 Å². The number of rotatable bonds is 19. The summed E-state index contributed by atoms with van der Waals surface area (Å²) in [5, 5.41) is 0. The van der Waals surface area contributed by atoms with Crippen molar-refractivity contribution in [2.75, 3.05) is 74.4 Å². The summed E-state index contributed by atoms with van der Waals surface area (Å²) in [6, 6.07) is 0.483. The first-order valence-electron chi connectivity index (χ1n) is 10.4. The van der Waals surface area contributed by atoms with Gasteiger partial charge in [0, 0.05) is 68.3 Å². The Hall–Kier alpha value is 1.18. The van der Waals surface area contributed by atoms with Crippen LogP contribution in [0.2, 0.25) is 0 Å². The molecule has 0 aromatic rings. The van der Waals surface area contributed by atoms with Crippen LogP contribution in [0.25, 0.3) is 0 Å². The maximum absolute atomic E-state index is 13.9. The second-order valence-corrected chi connectivity index (χ2v) is 13.8. The molecule has 31 heavy (non-hydrogen) atoms. The van der Waals surface area contributed by atoms with Crippen molar-refractivity contribution in [1.29, 1.82) is 0 Å². The maximum atomic E-state index is 13.9. The van der Waals surface area contributed by atoms with E-state index in [1.54, 1.807) is 9.34 Å². The Balaban J connectivity index is 5.34. The number of halogens is 4. The lowest BCUT2D eigenvalue weighted by atomic mass is 10.2. The Morgan fingerprint density at radius 2 is 1.13 bits per heavy atom. The third-order valence-corrected chi connectivity index (χ3v) is 9.74. The molecular formula is C18H38Cl4N3O4PS. The monoisotopic (exact) mass is 563 g/mol. The van der Waals surface area contributed by atoms with Crippen LogP contribution in [0, 0.1) is 0 Å². The van der Waals surface area contributed by atoms with Gasteiger partial charge in [0.1, 0.15) is 0 Å². The van der Waals surface area contributed by atoms with Crippen LogP contribution in [-0.4, -0.2) is 109 Å². The van der Waals surface area contributed by atoms with Crippen molar-refractivity contribution in [1.82, 2.24) is 14.2 Å². The molecule has 0 aliphatic rings. The maximum Gasteiger partial charge on any atom is 0.346 e. The molecule has 0 rings (SSSR count). The quantitative estimate of drug-likeness (QED) is 0.172. The Labute approximate surface area is 209 Å². The van der Waals surface area contributed by atoms with E-state index in [4.69, 9.17) is 50.9 Å². The van der Waals surface area contributed by atoms with E-state index in [9.17, 15) is 13.0 Å². The van der Waals surface area contributed by atoms with Gasteiger partial charge in [0.25, 0.3) is 0 Å². The van der Waals surface area contributed by atoms with Gasteiger partial charge >= 0.3 is 7.67 Å². The summed E-state index contributed by atoms with van der Waals surface area (Å²) in [6.07, 6.45) is 0. The molecule has 0 aliphatic carbocycles. The van der Waals surface area contributed by atoms with Crippen LogP contribution in [0.4, 0.5) is 0 Å². The lowest BCUT2D eigenvalue weighted by Crippen LogP contribution is -2.40. The van der Waals surface area contributed by atoms with Crippen LogP contribution in [0.5, 0.6) is 0 Å². The standard InChI is InChI=1S/C18H38Cl4N3O4PS/c1-17(2)25(18(3)4)13-15-31(27,28)16-14-29-30(26,23(9-5-19)10-6-20)24(11-7-21)12-8-22/h17-18H,5-16H2,1-4H3. The van der Waals surface area contributed by atoms with Gasteiger partial charge in [-0.15, -0.1) is 46.4 Å². The summed E-state index contributed by atoms with van der Waals surface area (Å²) >= 11 is 23.6. The summed E-state index contributed by atoms with van der Waals surface area (Å²) < 4.78 is 48.0. The summed E-state index contributed by atoms with van der Waals surface area (Å²) in [7, 11) is -7.00. The van der Waals surface area contributed by atoms with Crippen molar-refractivity contribution in [2.45, 2.75) is 39.8 Å². The SMILES string of the molecule is CC(C)N(CCS(=O)(=O)CCOP(=O)(N(CCCl)CCCl)N(CCCl)CCCl)C(C)C. The van der Waals surface area contributed by atoms with E-state index in [0.717, 1.165) is 0 Å². The second kappa shape index (κ2) is 16.7. The van der Waals surface area contributed by atoms with Crippen molar-refractivity contribution in [3.8, 4) is 0 Å². The van der Waals surface area contributed by atoms with E-state index in [1.807, 2.05) is 27.7 Å². The van der Waals surface area contributed by atoms with E-state index in [-0.39, 0.29) is 79.9 Å². The van der Waals surface area contributed by atoms with Crippen LogP contribution < -0.4 is 0 Å². The van der Waals surface area contributed by atoms with Gasteiger partial charge in [-0.3, -0.25) is 9.46 Å². The third kappa shape index (κ3) is 11.9. The molecule has 0 bridgehead atoms. The molecule has 0 unspecified atom stereocenters. The normalized spacial score (nSPS) is 13.5. The van der Waals surface area contributed by atoms with Gasteiger partial charge < -0.3 is 4.52 Å². The molecular weight excluding hydrogens is 527 g/mol. The number of hydrogen-bond donors (Lipinski definition) is 0. The van der Waals surface area contributed by atoms with Gasteiger partial charge in [0.15, 0.2) is 9.84 Å². The first-order chi connectivity index (χ1) is 14.5. The molecule has 0 amide bonds. The average molecular weight is 565 g/mol. The van der Waals surface area contributed by atoms with E-state index >= 15 is 0 Å². The smallest absolute Gasteiger partial charge is 0.305 e. The van der Waals surface area contributed by atoms with Crippen LogP contribution in [-0.2, 0) is 18.9 Å². The number of sulfone groups is 1. The summed E-state index contributed by atoms with van der Waals surface area (Å²) in [5.41, 5.74) is 0. The molecule has 0 aromatic carbocycles. The minimum Gasteiger partial charge on any atom is -0.305 e. The first-order valence-corrected chi connectivity index (χ1v) is 15.9. The Morgan fingerprint density at radius 3 is 1.45 bits per heavy atom. The highest BCUT2D eigenvalue weighted by Crippen LogP contribution is 2.54. The second-order valence-electron chi connectivity index (χ2n) is 7.56. The van der Waals surface area contributed by atoms with E-state index in [2.05, 4.69) is 4.90 Å². The predicted molar refractivity (Wildman–Crippen MR) is 135 cm³/mol. The van der Waals surface area contributed by atoms with Gasteiger partial charge in [0.05, 0.1) is 18.1 Å². The van der Waals surface area contributed by atoms with Crippen LogP contribution in [0.3, 0.4) is 0 Å². The number of nitrogens with zero attached hydrogens (tertiary/aromatic N) is 3. The minimum atomic E-state index is -3.61. The average Bonchev–Trinajstić information content (AvgIpc) is 2.66. The molecule has 0 spiro atoms. The molecule has 0 N–H and O–H groups in total. The number of hydrogen-bond acceptors (Lipinski definition) is 5. The Morgan fingerprint density at radius 1 is 0.742 bits per heavy atom. The summed E-state index contributed by atoms with van der Waals surface area (Å²) in [6.45, 7) is 9.48.